The van der Waals surface area contributed by atoms with Crippen molar-refractivity contribution >= 4 is 11.9 Å². The van der Waals surface area contributed by atoms with Crippen molar-refractivity contribution in [3.8, 4) is 0 Å². The smallest absolute Gasteiger partial charge is 0.232 e. The molecule has 118 valence electrons. The fourth-order valence-electron chi connectivity index (χ4n) is 3.38. The molecule has 1 aliphatic heterocycles. The Kier molecular flexibility index (Phi) is 3.89. The molecule has 1 atom stereocenters. The van der Waals surface area contributed by atoms with Gasteiger partial charge in [0.2, 0.25) is 5.91 Å². The summed E-state index contributed by atoms with van der Waals surface area (Å²) in [6.07, 6.45) is 7.97. The molecule has 0 saturated heterocycles. The van der Waals surface area contributed by atoms with Crippen molar-refractivity contribution in [1.82, 2.24) is 9.88 Å². The Morgan fingerprint density at radius 3 is 2.64 bits per heavy atom. The number of pyridine rings is 1. The number of aromatic nitrogens is 1. The average Bonchev–Trinajstić information content (AvgIpc) is 3.36. The van der Waals surface area contributed by atoms with Crippen molar-refractivity contribution in [2.24, 2.45) is 16.6 Å². The van der Waals surface area contributed by atoms with Gasteiger partial charge in [0.15, 0.2) is 5.96 Å². The third-order valence-corrected chi connectivity index (χ3v) is 5.04. The van der Waals surface area contributed by atoms with Crippen LogP contribution in [0.1, 0.15) is 57.6 Å². The molecule has 1 saturated carbocycles. The molecule has 1 unspecified atom stereocenters. The van der Waals surface area contributed by atoms with E-state index in [4.69, 9.17) is 10.7 Å². The fourth-order valence-corrected chi connectivity index (χ4v) is 3.38. The lowest BCUT2D eigenvalue weighted by atomic mass is 9.87. The third-order valence-electron chi connectivity index (χ3n) is 5.04. The Balaban J connectivity index is 1.97. The van der Waals surface area contributed by atoms with E-state index in [1.54, 1.807) is 11.1 Å². The van der Waals surface area contributed by atoms with Crippen LogP contribution >= 0.6 is 0 Å². The van der Waals surface area contributed by atoms with Gasteiger partial charge in [-0.15, -0.1) is 0 Å². The van der Waals surface area contributed by atoms with Crippen LogP contribution in [0.25, 0.3) is 0 Å². The van der Waals surface area contributed by atoms with Gasteiger partial charge >= 0.3 is 0 Å². The SMILES string of the molecule is CCC1(CC)CC(=O)N(C(c2cccnc2)C2CC2)C(N)=N1. The number of nitrogens with zero attached hydrogens (tertiary/aromatic N) is 3. The quantitative estimate of drug-likeness (QED) is 0.908. The van der Waals surface area contributed by atoms with Gasteiger partial charge in [-0.25, -0.2) is 4.99 Å². The molecule has 22 heavy (non-hydrogen) atoms. The second kappa shape index (κ2) is 5.71. The predicted octanol–water partition coefficient (Wildman–Crippen LogP) is 2.64. The fraction of sp³-hybridized carbons (Fsp3) is 0.588. The molecule has 1 amide bonds. The largest absolute Gasteiger partial charge is 0.369 e. The molecular weight excluding hydrogens is 276 g/mol. The zero-order valence-corrected chi connectivity index (χ0v) is 13.3. The van der Waals surface area contributed by atoms with Crippen LogP contribution in [0.15, 0.2) is 29.5 Å². The highest BCUT2D eigenvalue weighted by Gasteiger charge is 2.45. The first-order valence-electron chi connectivity index (χ1n) is 8.17. The van der Waals surface area contributed by atoms with Crippen LogP contribution in [0.2, 0.25) is 0 Å². The molecule has 2 N–H and O–H groups in total. The highest BCUT2D eigenvalue weighted by Crippen LogP contribution is 2.46. The number of amides is 1. The molecule has 0 spiro atoms. The van der Waals surface area contributed by atoms with E-state index in [1.165, 1.54) is 0 Å². The highest BCUT2D eigenvalue weighted by atomic mass is 16.2. The van der Waals surface area contributed by atoms with E-state index in [0.29, 0.717) is 18.3 Å². The van der Waals surface area contributed by atoms with Crippen LogP contribution in [-0.2, 0) is 4.79 Å². The number of aliphatic imine (C=N–C) groups is 1. The molecular formula is C17H24N4O. The molecule has 1 aromatic heterocycles. The Labute approximate surface area is 131 Å². The van der Waals surface area contributed by atoms with Crippen LogP contribution in [0.3, 0.4) is 0 Å². The highest BCUT2D eigenvalue weighted by molar-refractivity contribution is 5.99. The van der Waals surface area contributed by atoms with Gasteiger partial charge in [-0.3, -0.25) is 14.7 Å². The molecule has 2 heterocycles. The van der Waals surface area contributed by atoms with Gasteiger partial charge in [-0.2, -0.15) is 0 Å². The normalized spacial score (nSPS) is 22.4. The number of nitrogens with two attached hydrogens (primary N) is 1. The van der Waals surface area contributed by atoms with Crippen LogP contribution in [0, 0.1) is 5.92 Å². The van der Waals surface area contributed by atoms with Crippen LogP contribution < -0.4 is 5.73 Å². The van der Waals surface area contributed by atoms with E-state index in [0.717, 1.165) is 31.2 Å². The molecule has 1 fully saturated rings. The molecule has 0 aromatic carbocycles. The lowest BCUT2D eigenvalue weighted by molar-refractivity contribution is -0.132. The summed E-state index contributed by atoms with van der Waals surface area (Å²) in [4.78, 5) is 23.5. The summed E-state index contributed by atoms with van der Waals surface area (Å²) in [5, 5.41) is 0. The zero-order valence-electron chi connectivity index (χ0n) is 13.3. The lowest BCUT2D eigenvalue weighted by Crippen LogP contribution is -2.53. The second-order valence-corrected chi connectivity index (χ2v) is 6.41. The standard InChI is InChI=1S/C17H24N4O/c1-3-17(4-2)10-14(22)21(16(18)20-17)15(12-7-8-12)13-6-5-9-19-11-13/h5-6,9,11-12,15H,3-4,7-8,10H2,1-2H3,(H2,18,20). The summed E-state index contributed by atoms with van der Waals surface area (Å²) in [5.41, 5.74) is 6.97. The van der Waals surface area contributed by atoms with E-state index in [2.05, 4.69) is 18.8 Å². The first-order chi connectivity index (χ1) is 10.6. The summed E-state index contributed by atoms with van der Waals surface area (Å²) in [6.45, 7) is 4.14. The first-order valence-corrected chi connectivity index (χ1v) is 8.17. The van der Waals surface area contributed by atoms with Crippen molar-refractivity contribution in [2.45, 2.75) is 57.5 Å². The topological polar surface area (TPSA) is 71.6 Å². The van der Waals surface area contributed by atoms with Crippen molar-refractivity contribution in [3.05, 3.63) is 30.1 Å². The Morgan fingerprint density at radius 1 is 1.41 bits per heavy atom. The van der Waals surface area contributed by atoms with Gasteiger partial charge in [0.05, 0.1) is 18.0 Å². The predicted molar refractivity (Wildman–Crippen MR) is 86.1 cm³/mol. The lowest BCUT2D eigenvalue weighted by Gasteiger charge is -2.40. The zero-order chi connectivity index (χ0) is 15.7. The summed E-state index contributed by atoms with van der Waals surface area (Å²) < 4.78 is 0. The van der Waals surface area contributed by atoms with Gasteiger partial charge in [0.25, 0.3) is 0 Å². The molecule has 5 heteroatoms. The Hall–Kier alpha value is -1.91. The summed E-state index contributed by atoms with van der Waals surface area (Å²) in [7, 11) is 0. The number of carbonyl (C=O) groups excluding carboxylic acids is 1. The number of guanidine groups is 1. The summed E-state index contributed by atoms with van der Waals surface area (Å²) in [6, 6.07) is 3.92. The molecule has 1 aromatic rings. The van der Waals surface area contributed by atoms with E-state index >= 15 is 0 Å². The second-order valence-electron chi connectivity index (χ2n) is 6.41. The summed E-state index contributed by atoms with van der Waals surface area (Å²) in [5.74, 6) is 0.940. The minimum atomic E-state index is -0.319. The average molecular weight is 300 g/mol. The van der Waals surface area contributed by atoms with Gasteiger partial charge < -0.3 is 5.73 Å². The maximum Gasteiger partial charge on any atom is 0.232 e. The Bertz CT molecular complexity index is 576. The van der Waals surface area contributed by atoms with E-state index < -0.39 is 0 Å². The Morgan fingerprint density at radius 2 is 2.14 bits per heavy atom. The van der Waals surface area contributed by atoms with Crippen molar-refractivity contribution < 1.29 is 4.79 Å². The van der Waals surface area contributed by atoms with Crippen LogP contribution in [-0.4, -0.2) is 27.3 Å². The summed E-state index contributed by atoms with van der Waals surface area (Å²) >= 11 is 0. The molecule has 5 nitrogen and oxygen atoms in total. The van der Waals surface area contributed by atoms with Crippen LogP contribution in [0.5, 0.6) is 0 Å². The van der Waals surface area contributed by atoms with Crippen molar-refractivity contribution in [3.63, 3.8) is 0 Å². The van der Waals surface area contributed by atoms with Gasteiger partial charge in [0.1, 0.15) is 0 Å². The molecule has 0 bridgehead atoms. The van der Waals surface area contributed by atoms with Crippen molar-refractivity contribution in [2.75, 3.05) is 0 Å². The number of hydrogen-bond acceptors (Lipinski definition) is 4. The number of rotatable bonds is 5. The van der Waals surface area contributed by atoms with Gasteiger partial charge in [0, 0.05) is 12.4 Å². The molecule has 2 aliphatic rings. The maximum absolute atomic E-state index is 12.8. The molecule has 0 radical (unpaired) electrons. The third kappa shape index (κ3) is 2.60. The van der Waals surface area contributed by atoms with Gasteiger partial charge in [-0.05, 0) is 43.2 Å². The van der Waals surface area contributed by atoms with Crippen molar-refractivity contribution in [1.29, 1.82) is 0 Å². The van der Waals surface area contributed by atoms with E-state index in [9.17, 15) is 4.79 Å². The minimum absolute atomic E-state index is 0.0170. The number of carbonyl (C=O) groups is 1. The number of hydrogen-bond donors (Lipinski definition) is 1. The van der Waals surface area contributed by atoms with Gasteiger partial charge in [-0.1, -0.05) is 19.9 Å². The minimum Gasteiger partial charge on any atom is -0.369 e. The first kappa shape index (κ1) is 15.0. The van der Waals surface area contributed by atoms with E-state index in [1.807, 2.05) is 18.3 Å². The molecule has 3 rings (SSSR count). The maximum atomic E-state index is 12.8. The van der Waals surface area contributed by atoms with E-state index in [-0.39, 0.29) is 17.5 Å². The molecule has 1 aliphatic carbocycles. The monoisotopic (exact) mass is 300 g/mol. The van der Waals surface area contributed by atoms with Crippen LogP contribution in [0.4, 0.5) is 0 Å².